The van der Waals surface area contributed by atoms with Crippen molar-refractivity contribution in [2.24, 2.45) is 0 Å². The van der Waals surface area contributed by atoms with Gasteiger partial charge in [0.15, 0.2) is 10.8 Å². The van der Waals surface area contributed by atoms with Crippen molar-refractivity contribution < 1.29 is 9.90 Å². The lowest BCUT2D eigenvalue weighted by Gasteiger charge is -1.90. The highest BCUT2D eigenvalue weighted by molar-refractivity contribution is 14.2. The van der Waals surface area contributed by atoms with E-state index >= 15 is 0 Å². The number of imidazole rings is 1. The number of H-pyrrole nitrogens is 1. The lowest BCUT2D eigenvalue weighted by molar-refractivity contribution is 0.0684. The number of carboxylic acid groups (broad SMARTS) is 1. The number of aromatic nitrogens is 4. The highest BCUT2D eigenvalue weighted by Gasteiger charge is 2.10. The fourth-order valence-electron chi connectivity index (χ4n) is 0.925. The van der Waals surface area contributed by atoms with Gasteiger partial charge in [-0.3, -0.25) is 0 Å². The van der Waals surface area contributed by atoms with Crippen LogP contribution in [0.5, 0.6) is 0 Å². The first-order chi connectivity index (χ1) is 6.70. The second kappa shape index (κ2) is 3.69. The highest BCUT2D eigenvalue weighted by atomic mass is 127. The largest absolute Gasteiger partial charge is 0.475 e. The molecule has 2 rings (SSSR count). The normalized spacial score (nSPS) is 10.6. The summed E-state index contributed by atoms with van der Waals surface area (Å²) in [6, 6.07) is 0. The first kappa shape index (κ1) is 9.65. The van der Waals surface area contributed by atoms with Crippen LogP contribution in [-0.4, -0.2) is 31.0 Å². The van der Waals surface area contributed by atoms with Gasteiger partial charge >= 0.3 is 5.97 Å². The number of rotatable bonds is 2. The Bertz CT molecular complexity index is 500. The van der Waals surface area contributed by atoms with E-state index in [9.17, 15) is 4.79 Å². The molecule has 0 aromatic carbocycles. The molecule has 0 saturated heterocycles. The predicted octanol–water partition coefficient (Wildman–Crippen LogP) is 1.49. The number of fused-ring (bicyclic) bond motifs is 1. The van der Waals surface area contributed by atoms with Gasteiger partial charge in [0, 0.05) is 21.2 Å². The van der Waals surface area contributed by atoms with E-state index in [1.807, 2.05) is 0 Å². The number of aromatic amines is 1. The summed E-state index contributed by atoms with van der Waals surface area (Å²) in [6.07, 6.45) is 1.41. The molecule has 0 bridgehead atoms. The number of aromatic carboxylic acids is 1. The van der Waals surface area contributed by atoms with Crippen LogP contribution in [0.1, 0.15) is 10.6 Å². The average molecular weight is 322 g/mol. The van der Waals surface area contributed by atoms with E-state index in [1.165, 1.54) is 15.1 Å². The zero-order chi connectivity index (χ0) is 10.1. The van der Waals surface area contributed by atoms with Crippen LogP contribution >= 0.6 is 30.1 Å². The summed E-state index contributed by atoms with van der Waals surface area (Å²) >= 11 is 2.07. The maximum atomic E-state index is 10.6. The van der Waals surface area contributed by atoms with Crippen molar-refractivity contribution in [1.29, 1.82) is 0 Å². The van der Waals surface area contributed by atoms with E-state index in [4.69, 9.17) is 5.11 Å². The second-order valence-electron chi connectivity index (χ2n) is 2.36. The van der Waals surface area contributed by atoms with Crippen molar-refractivity contribution in [2.45, 2.75) is 5.16 Å². The lowest BCUT2D eigenvalue weighted by Crippen LogP contribution is -2.03. The molecule has 0 unspecified atom stereocenters. The monoisotopic (exact) mass is 322 g/mol. The average Bonchev–Trinajstić information content (AvgIpc) is 2.58. The zero-order valence-electron chi connectivity index (χ0n) is 6.56. The fourth-order valence-corrected chi connectivity index (χ4v) is 1.82. The molecule has 0 aliphatic rings. The molecule has 2 aromatic rings. The Balaban J connectivity index is 2.59. The van der Waals surface area contributed by atoms with Crippen LogP contribution in [0.3, 0.4) is 0 Å². The number of halogens is 1. The van der Waals surface area contributed by atoms with Gasteiger partial charge < -0.3 is 10.1 Å². The minimum Gasteiger partial charge on any atom is -0.475 e. The van der Waals surface area contributed by atoms with Gasteiger partial charge in [-0.1, -0.05) is 0 Å². The van der Waals surface area contributed by atoms with Crippen molar-refractivity contribution in [3.05, 3.63) is 12.0 Å². The number of hydrogen-bond donors (Lipinski definition) is 2. The molecule has 0 saturated carbocycles. The van der Waals surface area contributed by atoms with E-state index in [0.717, 1.165) is 0 Å². The Hall–Kier alpha value is -0.900. The second-order valence-corrected chi connectivity index (χ2v) is 4.22. The van der Waals surface area contributed by atoms with Crippen molar-refractivity contribution in [2.75, 3.05) is 0 Å². The van der Waals surface area contributed by atoms with Gasteiger partial charge in [0.25, 0.3) is 0 Å². The van der Waals surface area contributed by atoms with Crippen molar-refractivity contribution in [1.82, 2.24) is 19.9 Å². The number of hydrogen-bond acceptors (Lipinski definition) is 5. The van der Waals surface area contributed by atoms with Gasteiger partial charge in [0.05, 0.1) is 6.20 Å². The Morgan fingerprint density at radius 1 is 1.57 bits per heavy atom. The SMILES string of the molecule is O=C(O)c1ncc2[nH]c(SI)nc2n1. The summed E-state index contributed by atoms with van der Waals surface area (Å²) < 4.78 is 0. The summed E-state index contributed by atoms with van der Waals surface area (Å²) in [4.78, 5) is 25.0. The quantitative estimate of drug-likeness (QED) is 0.814. The van der Waals surface area contributed by atoms with Crippen LogP contribution in [0.4, 0.5) is 0 Å². The van der Waals surface area contributed by atoms with Crippen molar-refractivity contribution >= 4 is 47.3 Å². The number of carboxylic acids is 1. The molecule has 6 nitrogen and oxygen atoms in total. The molecule has 0 amide bonds. The first-order valence-electron chi connectivity index (χ1n) is 3.45. The van der Waals surface area contributed by atoms with Crippen molar-refractivity contribution in [3.8, 4) is 0 Å². The standard InChI is InChI=1S/C6H3IN4O2S/c7-14-6-9-2-1-8-4(5(12)13)10-3(2)11-6/h1H,(H,12,13)(H,8,9,10,11). The molecule has 14 heavy (non-hydrogen) atoms. The Labute approximate surface area is 94.1 Å². The van der Waals surface area contributed by atoms with Crippen LogP contribution in [0.25, 0.3) is 11.2 Å². The number of nitrogens with one attached hydrogen (secondary N) is 1. The van der Waals surface area contributed by atoms with E-state index in [1.54, 1.807) is 0 Å². The molecule has 2 aromatic heterocycles. The molecule has 0 radical (unpaired) electrons. The van der Waals surface area contributed by atoms with Crippen LogP contribution in [0.15, 0.2) is 11.4 Å². The molecule has 2 N–H and O–H groups in total. The van der Waals surface area contributed by atoms with Crippen LogP contribution < -0.4 is 0 Å². The fraction of sp³-hybridized carbons (Fsp3) is 0. The van der Waals surface area contributed by atoms with Gasteiger partial charge in [-0.2, -0.15) is 0 Å². The minimum atomic E-state index is -1.15. The lowest BCUT2D eigenvalue weighted by atomic mass is 10.5. The minimum absolute atomic E-state index is 0.242. The summed E-state index contributed by atoms with van der Waals surface area (Å²) in [7, 11) is 1.40. The molecular formula is C6H3IN4O2S. The van der Waals surface area contributed by atoms with Gasteiger partial charge in [-0.05, 0) is 8.93 Å². The maximum absolute atomic E-state index is 10.6. The highest BCUT2D eigenvalue weighted by Crippen LogP contribution is 2.23. The topological polar surface area (TPSA) is 91.8 Å². The van der Waals surface area contributed by atoms with Crippen LogP contribution in [0.2, 0.25) is 0 Å². The molecule has 72 valence electrons. The molecule has 2 heterocycles. The third kappa shape index (κ3) is 1.66. The third-order valence-corrected chi connectivity index (χ3v) is 3.07. The van der Waals surface area contributed by atoms with E-state index in [0.29, 0.717) is 16.3 Å². The molecular weight excluding hydrogens is 319 g/mol. The first-order valence-corrected chi connectivity index (χ1v) is 6.81. The third-order valence-electron chi connectivity index (χ3n) is 1.48. The van der Waals surface area contributed by atoms with Gasteiger partial charge in [-0.25, -0.2) is 19.7 Å². The molecule has 0 atom stereocenters. The van der Waals surface area contributed by atoms with E-state index in [2.05, 4.69) is 41.1 Å². The number of nitrogens with zero attached hydrogens (tertiary/aromatic N) is 3. The van der Waals surface area contributed by atoms with Gasteiger partial charge in [0.2, 0.25) is 5.82 Å². The Kier molecular flexibility index (Phi) is 2.54. The van der Waals surface area contributed by atoms with Crippen LogP contribution in [0, 0.1) is 0 Å². The van der Waals surface area contributed by atoms with E-state index in [-0.39, 0.29) is 5.82 Å². The van der Waals surface area contributed by atoms with Crippen molar-refractivity contribution in [3.63, 3.8) is 0 Å². The van der Waals surface area contributed by atoms with Gasteiger partial charge in [0.1, 0.15) is 5.52 Å². The number of carbonyl (C=O) groups is 1. The van der Waals surface area contributed by atoms with E-state index < -0.39 is 5.97 Å². The summed E-state index contributed by atoms with van der Waals surface area (Å²) in [6.45, 7) is 0. The zero-order valence-corrected chi connectivity index (χ0v) is 9.53. The Morgan fingerprint density at radius 3 is 3.00 bits per heavy atom. The molecule has 0 spiro atoms. The smallest absolute Gasteiger partial charge is 0.374 e. The predicted molar refractivity (Wildman–Crippen MR) is 58.5 cm³/mol. The maximum Gasteiger partial charge on any atom is 0.374 e. The molecule has 8 heteroatoms. The summed E-state index contributed by atoms with van der Waals surface area (Å²) in [5.74, 6) is -1.40. The summed E-state index contributed by atoms with van der Waals surface area (Å²) in [5.41, 5.74) is 1.01. The molecule has 0 fully saturated rings. The molecule has 0 aliphatic heterocycles. The van der Waals surface area contributed by atoms with Crippen LogP contribution in [-0.2, 0) is 0 Å². The van der Waals surface area contributed by atoms with Gasteiger partial charge in [-0.15, -0.1) is 0 Å². The molecule has 0 aliphatic carbocycles. The Morgan fingerprint density at radius 2 is 2.36 bits per heavy atom. The summed E-state index contributed by atoms with van der Waals surface area (Å²) in [5, 5.41) is 9.32.